The van der Waals surface area contributed by atoms with Gasteiger partial charge in [-0.05, 0) is 54.0 Å². The zero-order valence-electron chi connectivity index (χ0n) is 13.5. The molecule has 0 fully saturated rings. The molecule has 24 heavy (non-hydrogen) atoms. The molecule has 4 rings (SSSR count). The fourth-order valence-corrected chi connectivity index (χ4v) is 3.89. The molecule has 1 atom stereocenters. The quantitative estimate of drug-likeness (QED) is 0.928. The van der Waals surface area contributed by atoms with E-state index in [2.05, 4.69) is 29.6 Å². The van der Waals surface area contributed by atoms with Crippen LogP contribution in [0.3, 0.4) is 0 Å². The van der Waals surface area contributed by atoms with E-state index in [0.717, 1.165) is 30.5 Å². The second kappa shape index (κ2) is 6.23. The summed E-state index contributed by atoms with van der Waals surface area (Å²) in [5.41, 5.74) is 4.84. The van der Waals surface area contributed by atoms with Crippen molar-refractivity contribution >= 4 is 5.78 Å². The fraction of sp³-hybridized carbons (Fsp3) is 0.286. The topological polar surface area (TPSA) is 29.1 Å². The minimum absolute atomic E-state index is 0.134. The van der Waals surface area contributed by atoms with E-state index in [1.807, 2.05) is 0 Å². The molecule has 0 aromatic heterocycles. The van der Waals surface area contributed by atoms with E-state index in [-0.39, 0.29) is 17.5 Å². The molecule has 2 aliphatic carbocycles. The lowest BCUT2D eigenvalue weighted by Gasteiger charge is -2.25. The number of ketones is 1. The molecular formula is C21H20FNO. The Hall–Kier alpha value is -2.42. The van der Waals surface area contributed by atoms with E-state index >= 15 is 0 Å². The highest BCUT2D eigenvalue weighted by molar-refractivity contribution is 5.92. The third-order valence-corrected chi connectivity index (χ3v) is 5.03. The van der Waals surface area contributed by atoms with Crippen molar-refractivity contribution in [2.45, 2.75) is 37.6 Å². The molecule has 1 N–H and O–H groups in total. The van der Waals surface area contributed by atoms with Crippen molar-refractivity contribution in [3.05, 3.63) is 82.8 Å². The molecule has 122 valence electrons. The number of allylic oxidation sites excluding steroid dienone is 2. The van der Waals surface area contributed by atoms with Crippen molar-refractivity contribution in [1.29, 1.82) is 0 Å². The highest BCUT2D eigenvalue weighted by Crippen LogP contribution is 2.32. The summed E-state index contributed by atoms with van der Waals surface area (Å²) in [7, 11) is 0. The Bertz CT molecular complexity index is 769. The molecule has 0 spiro atoms. The molecule has 2 aromatic rings. The summed E-state index contributed by atoms with van der Waals surface area (Å²) in [6.45, 7) is 0. The molecule has 2 aliphatic rings. The van der Waals surface area contributed by atoms with E-state index in [1.165, 1.54) is 23.3 Å². The average molecular weight is 321 g/mol. The summed E-state index contributed by atoms with van der Waals surface area (Å²) >= 11 is 0. The number of hydrogen-bond donors (Lipinski definition) is 1. The van der Waals surface area contributed by atoms with E-state index in [4.69, 9.17) is 0 Å². The molecular weight excluding hydrogens is 301 g/mol. The smallest absolute Gasteiger partial charge is 0.158 e. The minimum atomic E-state index is -0.238. The maximum atomic E-state index is 13.1. The lowest BCUT2D eigenvalue weighted by Crippen LogP contribution is -2.32. The average Bonchev–Trinajstić information content (AvgIpc) is 2.97. The van der Waals surface area contributed by atoms with E-state index in [1.54, 1.807) is 18.2 Å². The molecule has 0 amide bonds. The van der Waals surface area contributed by atoms with Gasteiger partial charge in [-0.3, -0.25) is 4.79 Å². The SMILES string of the molecule is O=C1C=C(NC2Cc3ccccc3C2)C[C@H](c2ccc(F)cc2)C1. The van der Waals surface area contributed by atoms with E-state index < -0.39 is 0 Å². The second-order valence-electron chi connectivity index (χ2n) is 6.81. The second-order valence-corrected chi connectivity index (χ2v) is 6.81. The first-order chi connectivity index (χ1) is 11.7. The number of nitrogens with one attached hydrogen (secondary N) is 1. The Kier molecular flexibility index (Phi) is 3.93. The minimum Gasteiger partial charge on any atom is -0.385 e. The number of carbonyl (C=O) groups excluding carboxylic acids is 1. The van der Waals surface area contributed by atoms with Crippen LogP contribution in [-0.4, -0.2) is 11.8 Å². The molecule has 0 heterocycles. The van der Waals surface area contributed by atoms with Crippen molar-refractivity contribution < 1.29 is 9.18 Å². The Balaban J connectivity index is 1.46. The van der Waals surface area contributed by atoms with Gasteiger partial charge in [0.25, 0.3) is 0 Å². The highest BCUT2D eigenvalue weighted by Gasteiger charge is 2.26. The van der Waals surface area contributed by atoms with Crippen LogP contribution in [0.15, 0.2) is 60.3 Å². The molecule has 0 bridgehead atoms. The number of hydrogen-bond acceptors (Lipinski definition) is 2. The van der Waals surface area contributed by atoms with Gasteiger partial charge in [-0.25, -0.2) is 4.39 Å². The first-order valence-corrected chi connectivity index (χ1v) is 8.49. The first-order valence-electron chi connectivity index (χ1n) is 8.49. The Morgan fingerprint density at radius 2 is 1.54 bits per heavy atom. The van der Waals surface area contributed by atoms with Crippen LogP contribution in [0.25, 0.3) is 0 Å². The number of benzene rings is 2. The molecule has 3 heteroatoms. The molecule has 0 aliphatic heterocycles. The Morgan fingerprint density at radius 1 is 0.875 bits per heavy atom. The predicted molar refractivity (Wildman–Crippen MR) is 92.2 cm³/mol. The zero-order chi connectivity index (χ0) is 16.5. The monoisotopic (exact) mass is 321 g/mol. The van der Waals surface area contributed by atoms with Gasteiger partial charge in [0.1, 0.15) is 5.82 Å². The Labute approximate surface area is 141 Å². The largest absolute Gasteiger partial charge is 0.385 e. The van der Waals surface area contributed by atoms with E-state index in [9.17, 15) is 9.18 Å². The molecule has 0 radical (unpaired) electrons. The number of rotatable bonds is 3. The van der Waals surface area contributed by atoms with Gasteiger partial charge in [0.15, 0.2) is 5.78 Å². The van der Waals surface area contributed by atoms with Crippen molar-refractivity contribution in [1.82, 2.24) is 5.32 Å². The maximum absolute atomic E-state index is 13.1. The normalized spacial score (nSPS) is 20.6. The van der Waals surface area contributed by atoms with Gasteiger partial charge >= 0.3 is 0 Å². The van der Waals surface area contributed by atoms with Crippen molar-refractivity contribution in [2.75, 3.05) is 0 Å². The van der Waals surface area contributed by atoms with Gasteiger partial charge in [-0.15, -0.1) is 0 Å². The maximum Gasteiger partial charge on any atom is 0.158 e. The van der Waals surface area contributed by atoms with Crippen LogP contribution in [0.4, 0.5) is 4.39 Å². The van der Waals surface area contributed by atoms with Crippen molar-refractivity contribution in [3.8, 4) is 0 Å². The van der Waals surface area contributed by atoms with Crippen LogP contribution < -0.4 is 5.32 Å². The molecule has 2 nitrogen and oxygen atoms in total. The summed E-state index contributed by atoms with van der Waals surface area (Å²) in [5.74, 6) is 0.0430. The van der Waals surface area contributed by atoms with Crippen LogP contribution in [0.2, 0.25) is 0 Å². The lowest BCUT2D eigenvalue weighted by atomic mass is 9.85. The van der Waals surface area contributed by atoms with Crippen LogP contribution in [-0.2, 0) is 17.6 Å². The fourth-order valence-electron chi connectivity index (χ4n) is 3.89. The number of halogens is 1. The standard InChI is InChI=1S/C21H20FNO/c22-18-7-5-14(6-8-18)17-11-20(13-21(24)12-17)23-19-9-15-3-1-2-4-16(15)10-19/h1-8,13,17,19,23H,9-12H2/t17-/m0/s1. The summed E-state index contributed by atoms with van der Waals surface area (Å²) in [6.07, 6.45) is 5.07. The molecule has 0 unspecified atom stereocenters. The summed E-state index contributed by atoms with van der Waals surface area (Å²) in [6, 6.07) is 15.4. The predicted octanol–water partition coefficient (Wildman–Crippen LogP) is 3.91. The van der Waals surface area contributed by atoms with Gasteiger partial charge in [-0.1, -0.05) is 36.4 Å². The van der Waals surface area contributed by atoms with Crippen LogP contribution in [0, 0.1) is 5.82 Å². The number of fused-ring (bicyclic) bond motifs is 1. The summed E-state index contributed by atoms with van der Waals surface area (Å²) in [4.78, 5) is 12.1. The zero-order valence-corrected chi connectivity index (χ0v) is 13.5. The van der Waals surface area contributed by atoms with Crippen molar-refractivity contribution in [2.24, 2.45) is 0 Å². The van der Waals surface area contributed by atoms with Crippen LogP contribution in [0.5, 0.6) is 0 Å². The van der Waals surface area contributed by atoms with Crippen molar-refractivity contribution in [3.63, 3.8) is 0 Å². The summed E-state index contributed by atoms with van der Waals surface area (Å²) in [5, 5.41) is 3.57. The van der Waals surface area contributed by atoms with Gasteiger partial charge < -0.3 is 5.32 Å². The van der Waals surface area contributed by atoms with Crippen LogP contribution >= 0.6 is 0 Å². The third kappa shape index (κ3) is 3.12. The third-order valence-electron chi connectivity index (χ3n) is 5.03. The number of carbonyl (C=O) groups is 1. The first kappa shape index (κ1) is 15.1. The summed E-state index contributed by atoms with van der Waals surface area (Å²) < 4.78 is 13.1. The lowest BCUT2D eigenvalue weighted by molar-refractivity contribution is -0.115. The van der Waals surface area contributed by atoms with Gasteiger partial charge in [0.05, 0.1) is 0 Å². The van der Waals surface area contributed by atoms with E-state index in [0.29, 0.717) is 12.5 Å². The molecule has 0 saturated carbocycles. The van der Waals surface area contributed by atoms with Gasteiger partial charge in [0.2, 0.25) is 0 Å². The van der Waals surface area contributed by atoms with Gasteiger partial charge in [0, 0.05) is 24.2 Å². The Morgan fingerprint density at radius 3 is 2.21 bits per heavy atom. The highest BCUT2D eigenvalue weighted by atomic mass is 19.1. The molecule has 2 aromatic carbocycles. The molecule has 0 saturated heterocycles. The van der Waals surface area contributed by atoms with Crippen LogP contribution in [0.1, 0.15) is 35.4 Å². The van der Waals surface area contributed by atoms with Gasteiger partial charge in [-0.2, -0.15) is 0 Å².